The first-order chi connectivity index (χ1) is 12.9. The molecule has 1 amide bonds. The molecule has 27 heavy (non-hydrogen) atoms. The van der Waals surface area contributed by atoms with Crippen LogP contribution < -0.4 is 10.1 Å². The van der Waals surface area contributed by atoms with Gasteiger partial charge in [0.05, 0.1) is 4.92 Å². The van der Waals surface area contributed by atoms with Crippen molar-refractivity contribution >= 4 is 11.6 Å². The molecule has 7 heteroatoms. The summed E-state index contributed by atoms with van der Waals surface area (Å²) in [7, 11) is 0. The molecule has 1 aliphatic rings. The first-order valence-electron chi connectivity index (χ1n) is 9.08. The maximum absolute atomic E-state index is 12.5. The van der Waals surface area contributed by atoms with E-state index in [0.717, 1.165) is 31.2 Å². The summed E-state index contributed by atoms with van der Waals surface area (Å²) in [6.45, 7) is 3.58. The van der Waals surface area contributed by atoms with Crippen LogP contribution in [0.3, 0.4) is 0 Å². The second kappa shape index (κ2) is 8.16. The lowest BCUT2D eigenvalue weighted by Gasteiger charge is -2.29. The molecule has 1 aromatic heterocycles. The number of aromatic nitrogens is 1. The normalized spacial score (nSPS) is 19.3. The summed E-state index contributed by atoms with van der Waals surface area (Å²) in [5.41, 5.74) is 1.80. The van der Waals surface area contributed by atoms with E-state index in [9.17, 15) is 14.9 Å². The third-order valence-corrected chi connectivity index (χ3v) is 4.93. The molecule has 2 aromatic rings. The molecule has 1 N–H and O–H groups in total. The van der Waals surface area contributed by atoms with Crippen LogP contribution in [-0.4, -0.2) is 28.0 Å². The van der Waals surface area contributed by atoms with Crippen molar-refractivity contribution in [3.05, 3.63) is 63.3 Å². The zero-order valence-corrected chi connectivity index (χ0v) is 15.5. The first-order valence-corrected chi connectivity index (χ1v) is 9.08. The van der Waals surface area contributed by atoms with Crippen LogP contribution in [0.15, 0.2) is 36.5 Å². The van der Waals surface area contributed by atoms with Gasteiger partial charge in [-0.3, -0.25) is 14.9 Å². The number of amides is 1. The van der Waals surface area contributed by atoms with Crippen molar-refractivity contribution in [2.45, 2.75) is 51.7 Å². The molecule has 0 saturated heterocycles. The number of aryl methyl sites for hydroxylation is 1. The van der Waals surface area contributed by atoms with Crippen molar-refractivity contribution in [3.63, 3.8) is 0 Å². The van der Waals surface area contributed by atoms with Gasteiger partial charge in [-0.15, -0.1) is 0 Å². The second-order valence-electron chi connectivity index (χ2n) is 6.95. The molecule has 1 saturated carbocycles. The Kier molecular flexibility index (Phi) is 5.69. The van der Waals surface area contributed by atoms with Crippen LogP contribution >= 0.6 is 0 Å². The Morgan fingerprint density at radius 3 is 2.56 bits per heavy atom. The molecule has 0 radical (unpaired) electrons. The molecule has 0 spiro atoms. The van der Waals surface area contributed by atoms with E-state index < -0.39 is 4.92 Å². The van der Waals surface area contributed by atoms with Crippen LogP contribution in [0.1, 0.15) is 47.2 Å². The fourth-order valence-electron chi connectivity index (χ4n) is 3.35. The highest BCUT2D eigenvalue weighted by Gasteiger charge is 2.25. The number of nitrogens with zero attached hydrogens (tertiary/aromatic N) is 2. The van der Waals surface area contributed by atoms with E-state index in [2.05, 4.69) is 10.3 Å². The van der Waals surface area contributed by atoms with Gasteiger partial charge >= 0.3 is 0 Å². The van der Waals surface area contributed by atoms with Crippen LogP contribution in [0.25, 0.3) is 0 Å². The molecule has 1 heterocycles. The van der Waals surface area contributed by atoms with E-state index in [0.29, 0.717) is 17.0 Å². The molecule has 7 nitrogen and oxygen atoms in total. The molecule has 0 atom stereocenters. The van der Waals surface area contributed by atoms with E-state index in [1.807, 2.05) is 19.1 Å². The van der Waals surface area contributed by atoms with Crippen LogP contribution in [-0.2, 0) is 0 Å². The average Bonchev–Trinajstić information content (AvgIpc) is 2.65. The molecule has 0 bridgehead atoms. The maximum Gasteiger partial charge on any atom is 0.273 e. The number of carbonyl (C=O) groups is 1. The van der Waals surface area contributed by atoms with Gasteiger partial charge in [0.15, 0.2) is 0 Å². The number of nitro groups is 1. The van der Waals surface area contributed by atoms with Gasteiger partial charge in [0.2, 0.25) is 5.88 Å². The van der Waals surface area contributed by atoms with Crippen molar-refractivity contribution in [3.8, 4) is 5.88 Å². The van der Waals surface area contributed by atoms with Crippen molar-refractivity contribution < 1.29 is 14.5 Å². The second-order valence-corrected chi connectivity index (χ2v) is 6.95. The van der Waals surface area contributed by atoms with Gasteiger partial charge < -0.3 is 10.1 Å². The summed E-state index contributed by atoms with van der Waals surface area (Å²) in [5.74, 6) is 0.362. The number of nitro benzene ring substituents is 1. The number of pyridine rings is 1. The number of hydrogen-bond acceptors (Lipinski definition) is 5. The minimum Gasteiger partial charge on any atom is -0.474 e. The predicted molar refractivity (Wildman–Crippen MR) is 101 cm³/mol. The molecule has 1 aromatic carbocycles. The molecule has 142 valence electrons. The minimum atomic E-state index is -0.465. The first kappa shape index (κ1) is 18.8. The van der Waals surface area contributed by atoms with Gasteiger partial charge in [-0.1, -0.05) is 12.1 Å². The van der Waals surface area contributed by atoms with Crippen LogP contribution in [0.2, 0.25) is 0 Å². The predicted octanol–water partition coefficient (Wildman–Crippen LogP) is 3.73. The quantitative estimate of drug-likeness (QED) is 0.640. The summed E-state index contributed by atoms with van der Waals surface area (Å²) in [4.78, 5) is 27.4. The van der Waals surface area contributed by atoms with Gasteiger partial charge in [-0.25, -0.2) is 4.98 Å². The van der Waals surface area contributed by atoms with Gasteiger partial charge in [0, 0.05) is 35.5 Å². The van der Waals surface area contributed by atoms with Gasteiger partial charge in [0.25, 0.3) is 11.6 Å². The lowest BCUT2D eigenvalue weighted by Crippen LogP contribution is -2.40. The monoisotopic (exact) mass is 369 g/mol. The summed E-state index contributed by atoms with van der Waals surface area (Å²) in [5, 5.41) is 14.0. The molecular weight excluding hydrogens is 346 g/mol. The Bertz CT molecular complexity index is 828. The molecule has 0 aliphatic heterocycles. The van der Waals surface area contributed by atoms with Crippen LogP contribution in [0.5, 0.6) is 5.88 Å². The van der Waals surface area contributed by atoms with E-state index in [1.165, 1.54) is 6.07 Å². The van der Waals surface area contributed by atoms with Gasteiger partial charge in [-0.05, 0) is 51.2 Å². The van der Waals surface area contributed by atoms with Crippen molar-refractivity contribution in [2.75, 3.05) is 0 Å². The zero-order valence-electron chi connectivity index (χ0n) is 15.5. The third-order valence-electron chi connectivity index (χ3n) is 4.93. The number of nitrogens with one attached hydrogen (secondary N) is 1. The molecule has 0 unspecified atom stereocenters. The van der Waals surface area contributed by atoms with Gasteiger partial charge in [-0.2, -0.15) is 0 Å². The summed E-state index contributed by atoms with van der Waals surface area (Å²) < 4.78 is 5.91. The van der Waals surface area contributed by atoms with Crippen LogP contribution in [0.4, 0.5) is 5.69 Å². The largest absolute Gasteiger partial charge is 0.474 e. The fraction of sp³-hybridized carbons (Fsp3) is 0.400. The summed E-state index contributed by atoms with van der Waals surface area (Å²) in [6.07, 6.45) is 5.13. The highest BCUT2D eigenvalue weighted by atomic mass is 16.6. The zero-order chi connectivity index (χ0) is 19.4. The van der Waals surface area contributed by atoms with E-state index in [1.54, 1.807) is 25.3 Å². The number of hydrogen-bond donors (Lipinski definition) is 1. The number of rotatable bonds is 5. The average molecular weight is 369 g/mol. The Hall–Kier alpha value is -2.96. The van der Waals surface area contributed by atoms with Crippen molar-refractivity contribution in [1.29, 1.82) is 0 Å². The van der Waals surface area contributed by atoms with Gasteiger partial charge in [0.1, 0.15) is 6.10 Å². The van der Waals surface area contributed by atoms with Crippen molar-refractivity contribution in [2.24, 2.45) is 0 Å². The van der Waals surface area contributed by atoms with E-state index >= 15 is 0 Å². The van der Waals surface area contributed by atoms with E-state index in [-0.39, 0.29) is 23.7 Å². The highest BCUT2D eigenvalue weighted by Crippen LogP contribution is 2.25. The number of carbonyl (C=O) groups excluding carboxylic acids is 1. The lowest BCUT2D eigenvalue weighted by atomic mass is 9.92. The Morgan fingerprint density at radius 1 is 1.19 bits per heavy atom. The summed E-state index contributed by atoms with van der Waals surface area (Å²) >= 11 is 0. The molecule has 3 rings (SSSR count). The fourth-order valence-corrected chi connectivity index (χ4v) is 3.35. The third kappa shape index (κ3) is 4.61. The Balaban J connectivity index is 1.54. The molecular formula is C20H23N3O4. The minimum absolute atomic E-state index is 0.0367. The molecule has 1 fully saturated rings. The summed E-state index contributed by atoms with van der Waals surface area (Å²) in [6, 6.07) is 8.45. The highest BCUT2D eigenvalue weighted by molar-refractivity contribution is 5.96. The maximum atomic E-state index is 12.5. The van der Waals surface area contributed by atoms with Crippen LogP contribution in [0, 0.1) is 24.0 Å². The standard InChI is InChI=1S/C20H23N3O4/c1-13-6-11-19(21-12-13)27-16-9-7-15(8-10-16)22-20(24)17-4-3-5-18(14(17)2)23(25)26/h3-6,11-12,15-16H,7-10H2,1-2H3,(H,22,24). The lowest BCUT2D eigenvalue weighted by molar-refractivity contribution is -0.385. The smallest absolute Gasteiger partial charge is 0.273 e. The number of ether oxygens (including phenoxy) is 1. The number of benzene rings is 1. The van der Waals surface area contributed by atoms with Crippen molar-refractivity contribution in [1.82, 2.24) is 10.3 Å². The Morgan fingerprint density at radius 2 is 1.93 bits per heavy atom. The Labute approximate surface area is 157 Å². The topological polar surface area (TPSA) is 94.4 Å². The SMILES string of the molecule is Cc1ccc(OC2CCC(NC(=O)c3cccc([N+](=O)[O-])c3C)CC2)nc1. The molecule has 1 aliphatic carbocycles. The van der Waals surface area contributed by atoms with E-state index in [4.69, 9.17) is 4.74 Å².